The van der Waals surface area contributed by atoms with Crippen molar-refractivity contribution in [1.29, 1.82) is 0 Å². The smallest absolute Gasteiger partial charge is 0.224 e. The van der Waals surface area contributed by atoms with Gasteiger partial charge in [-0.1, -0.05) is 0 Å². The predicted octanol–water partition coefficient (Wildman–Crippen LogP) is 0.387. The summed E-state index contributed by atoms with van der Waals surface area (Å²) in [5.74, 6) is 0.202. The van der Waals surface area contributed by atoms with Gasteiger partial charge in [0.25, 0.3) is 0 Å². The van der Waals surface area contributed by atoms with Gasteiger partial charge in [-0.25, -0.2) is 0 Å². The van der Waals surface area contributed by atoms with E-state index in [1.54, 1.807) is 14.2 Å². The van der Waals surface area contributed by atoms with E-state index in [2.05, 4.69) is 10.00 Å². The van der Waals surface area contributed by atoms with Crippen molar-refractivity contribution in [3.8, 4) is 0 Å². The lowest BCUT2D eigenvalue weighted by Crippen LogP contribution is -2.54. The summed E-state index contributed by atoms with van der Waals surface area (Å²) in [5, 5.41) is 4.22. The van der Waals surface area contributed by atoms with Crippen LogP contribution in [0.3, 0.4) is 0 Å². The number of rotatable bonds is 8. The number of methoxy groups -OCH3 is 2. The molecule has 0 aliphatic carbocycles. The number of nitrogens with zero attached hydrogens (tertiary/aromatic N) is 4. The predicted molar refractivity (Wildman–Crippen MR) is 87.3 cm³/mol. The van der Waals surface area contributed by atoms with Crippen LogP contribution in [-0.2, 0) is 20.8 Å². The fourth-order valence-corrected chi connectivity index (χ4v) is 2.94. The second kappa shape index (κ2) is 9.00. The molecule has 0 atom stereocenters. The minimum Gasteiger partial charge on any atom is -0.383 e. The van der Waals surface area contributed by atoms with Crippen LogP contribution in [0.25, 0.3) is 0 Å². The number of hydrogen-bond acceptors (Lipinski definition) is 5. The third-order valence-electron chi connectivity index (χ3n) is 4.22. The third-order valence-corrected chi connectivity index (χ3v) is 4.22. The van der Waals surface area contributed by atoms with Crippen LogP contribution in [0.1, 0.15) is 12.0 Å². The third kappa shape index (κ3) is 5.30. The first kappa shape index (κ1) is 17.9. The van der Waals surface area contributed by atoms with Crippen molar-refractivity contribution >= 4 is 5.91 Å². The minimum atomic E-state index is 0.202. The van der Waals surface area contributed by atoms with Crippen LogP contribution in [-0.4, -0.2) is 85.1 Å². The SMILES string of the molecule is COCC(COC)N1CCN(C(=O)CCn2cc(C)cn2)CC1. The highest BCUT2D eigenvalue weighted by Gasteiger charge is 2.25. The highest BCUT2D eigenvalue weighted by molar-refractivity contribution is 5.76. The van der Waals surface area contributed by atoms with E-state index >= 15 is 0 Å². The number of aryl methyl sites for hydroxylation is 2. The van der Waals surface area contributed by atoms with Gasteiger partial charge in [0.1, 0.15) is 0 Å². The molecule has 1 aliphatic rings. The van der Waals surface area contributed by atoms with Gasteiger partial charge in [-0.3, -0.25) is 14.4 Å². The van der Waals surface area contributed by atoms with Gasteiger partial charge in [0.05, 0.1) is 25.5 Å². The zero-order valence-corrected chi connectivity index (χ0v) is 14.4. The average Bonchev–Trinajstić information content (AvgIpc) is 2.98. The summed E-state index contributed by atoms with van der Waals surface area (Å²) < 4.78 is 12.4. The number of amides is 1. The normalized spacial score (nSPS) is 16.3. The lowest BCUT2D eigenvalue weighted by atomic mass is 10.2. The Morgan fingerprint density at radius 2 is 1.87 bits per heavy atom. The zero-order chi connectivity index (χ0) is 16.7. The van der Waals surface area contributed by atoms with Crippen LogP contribution < -0.4 is 0 Å². The van der Waals surface area contributed by atoms with Crippen molar-refractivity contribution in [2.45, 2.75) is 25.9 Å². The molecule has 2 heterocycles. The largest absolute Gasteiger partial charge is 0.383 e. The molecule has 1 amide bonds. The van der Waals surface area contributed by atoms with E-state index in [1.165, 1.54) is 0 Å². The lowest BCUT2D eigenvalue weighted by molar-refractivity contribution is -0.134. The second-order valence-corrected chi connectivity index (χ2v) is 6.01. The van der Waals surface area contributed by atoms with Crippen LogP contribution in [0.15, 0.2) is 12.4 Å². The number of ether oxygens (including phenoxy) is 2. The molecule has 23 heavy (non-hydrogen) atoms. The highest BCUT2D eigenvalue weighted by Crippen LogP contribution is 2.09. The quantitative estimate of drug-likeness (QED) is 0.692. The van der Waals surface area contributed by atoms with Gasteiger partial charge in [-0.2, -0.15) is 5.10 Å². The maximum Gasteiger partial charge on any atom is 0.224 e. The van der Waals surface area contributed by atoms with Crippen LogP contribution in [0, 0.1) is 6.92 Å². The lowest BCUT2D eigenvalue weighted by Gasteiger charge is -2.38. The molecule has 130 valence electrons. The number of carbonyl (C=O) groups excluding carboxylic acids is 1. The van der Waals surface area contributed by atoms with Crippen LogP contribution in [0.2, 0.25) is 0 Å². The fourth-order valence-electron chi connectivity index (χ4n) is 2.94. The summed E-state index contributed by atoms with van der Waals surface area (Å²) in [5.41, 5.74) is 1.12. The van der Waals surface area contributed by atoms with Gasteiger partial charge in [-0.05, 0) is 12.5 Å². The van der Waals surface area contributed by atoms with E-state index in [-0.39, 0.29) is 11.9 Å². The van der Waals surface area contributed by atoms with Gasteiger partial charge in [0, 0.05) is 59.6 Å². The van der Waals surface area contributed by atoms with Gasteiger partial charge in [0.15, 0.2) is 0 Å². The van der Waals surface area contributed by atoms with E-state index in [0.717, 1.165) is 31.7 Å². The highest BCUT2D eigenvalue weighted by atomic mass is 16.5. The Bertz CT molecular complexity index is 477. The zero-order valence-electron chi connectivity index (χ0n) is 14.4. The molecule has 1 saturated heterocycles. The van der Waals surface area contributed by atoms with Gasteiger partial charge >= 0.3 is 0 Å². The number of piperazine rings is 1. The Labute approximate surface area is 138 Å². The van der Waals surface area contributed by atoms with Crippen molar-refractivity contribution in [2.24, 2.45) is 0 Å². The fraction of sp³-hybridized carbons (Fsp3) is 0.750. The molecule has 1 aliphatic heterocycles. The number of hydrogen-bond donors (Lipinski definition) is 0. The first-order valence-electron chi connectivity index (χ1n) is 8.12. The van der Waals surface area contributed by atoms with Crippen molar-refractivity contribution in [3.05, 3.63) is 18.0 Å². The Morgan fingerprint density at radius 1 is 1.22 bits per heavy atom. The Balaban J connectivity index is 1.75. The molecular weight excluding hydrogens is 296 g/mol. The molecule has 7 nitrogen and oxygen atoms in total. The Morgan fingerprint density at radius 3 is 2.39 bits per heavy atom. The molecular formula is C16H28N4O3. The summed E-state index contributed by atoms with van der Waals surface area (Å²) >= 11 is 0. The van der Waals surface area contributed by atoms with E-state index in [4.69, 9.17) is 9.47 Å². The van der Waals surface area contributed by atoms with Gasteiger partial charge in [-0.15, -0.1) is 0 Å². The summed E-state index contributed by atoms with van der Waals surface area (Å²) in [6, 6.07) is 0.259. The molecule has 1 fully saturated rings. The molecule has 0 spiro atoms. The number of carbonyl (C=O) groups is 1. The Kier molecular flexibility index (Phi) is 7.01. The first-order chi connectivity index (χ1) is 11.1. The van der Waals surface area contributed by atoms with Gasteiger partial charge < -0.3 is 14.4 Å². The molecule has 0 radical (unpaired) electrons. The molecule has 0 aromatic carbocycles. The van der Waals surface area contributed by atoms with Crippen molar-refractivity contribution in [3.63, 3.8) is 0 Å². The molecule has 0 N–H and O–H groups in total. The molecule has 2 rings (SSSR count). The summed E-state index contributed by atoms with van der Waals surface area (Å²) in [7, 11) is 3.42. The van der Waals surface area contributed by atoms with Crippen LogP contribution >= 0.6 is 0 Å². The van der Waals surface area contributed by atoms with Crippen LogP contribution in [0.5, 0.6) is 0 Å². The van der Waals surface area contributed by atoms with Crippen LogP contribution in [0.4, 0.5) is 0 Å². The van der Waals surface area contributed by atoms with Gasteiger partial charge in [0.2, 0.25) is 5.91 Å². The summed E-state index contributed by atoms with van der Waals surface area (Å²) in [6.07, 6.45) is 4.28. The van der Waals surface area contributed by atoms with E-state index < -0.39 is 0 Å². The minimum absolute atomic E-state index is 0.202. The maximum absolute atomic E-state index is 12.3. The first-order valence-corrected chi connectivity index (χ1v) is 8.12. The van der Waals surface area contributed by atoms with Crippen molar-refractivity contribution in [2.75, 3.05) is 53.6 Å². The Hall–Kier alpha value is -1.44. The monoisotopic (exact) mass is 324 g/mol. The maximum atomic E-state index is 12.3. The van der Waals surface area contributed by atoms with E-state index in [9.17, 15) is 4.79 Å². The summed E-state index contributed by atoms with van der Waals surface area (Å²) in [6.45, 7) is 7.21. The van der Waals surface area contributed by atoms with E-state index in [1.807, 2.05) is 28.9 Å². The van der Waals surface area contributed by atoms with E-state index in [0.29, 0.717) is 26.2 Å². The second-order valence-electron chi connectivity index (χ2n) is 6.01. The number of aromatic nitrogens is 2. The molecule has 0 saturated carbocycles. The standard InChI is InChI=1S/C16H28N4O3/c1-14-10-17-20(11-14)5-4-16(21)19-8-6-18(7-9-19)15(12-22-2)13-23-3/h10-11,15H,4-9,12-13H2,1-3H3. The molecule has 0 bridgehead atoms. The summed E-state index contributed by atoms with van der Waals surface area (Å²) in [4.78, 5) is 16.6. The van der Waals surface area contributed by atoms with Crippen molar-refractivity contribution < 1.29 is 14.3 Å². The van der Waals surface area contributed by atoms with Crippen molar-refractivity contribution in [1.82, 2.24) is 19.6 Å². The topological polar surface area (TPSA) is 59.8 Å². The molecule has 7 heteroatoms. The molecule has 0 unspecified atom stereocenters. The molecule has 1 aromatic heterocycles. The molecule has 1 aromatic rings. The average molecular weight is 324 g/mol.